The summed E-state index contributed by atoms with van der Waals surface area (Å²) in [5, 5.41) is 8.15. The molecule has 6 heteroatoms. The van der Waals surface area contributed by atoms with Crippen LogP contribution in [0.1, 0.15) is 16.8 Å². The van der Waals surface area contributed by atoms with E-state index in [0.29, 0.717) is 17.2 Å². The smallest absolute Gasteiger partial charge is 0.249 e. The largest absolute Gasteiger partial charge is 0.437 e. The second-order valence-electron chi connectivity index (χ2n) is 4.95. The number of aromatic nitrogens is 2. The lowest BCUT2D eigenvalue weighted by Gasteiger charge is -2.15. The fraction of sp³-hybridized carbons (Fsp3) is 0.267. The van der Waals surface area contributed by atoms with Gasteiger partial charge in [-0.05, 0) is 31.5 Å². The minimum atomic E-state index is 0.254. The molecule has 1 heterocycles. The van der Waals surface area contributed by atoms with Gasteiger partial charge in [0.1, 0.15) is 10.7 Å². The molecule has 0 unspecified atom stereocenters. The maximum Gasteiger partial charge on any atom is 0.249 e. The summed E-state index contributed by atoms with van der Waals surface area (Å²) in [5.41, 5.74) is 9.12. The van der Waals surface area contributed by atoms with Crippen LogP contribution >= 0.6 is 12.2 Å². The van der Waals surface area contributed by atoms with Gasteiger partial charge in [0, 0.05) is 25.8 Å². The molecule has 0 aliphatic rings. The number of hydrogen-bond acceptors (Lipinski definition) is 5. The van der Waals surface area contributed by atoms with E-state index in [4.69, 9.17) is 22.7 Å². The van der Waals surface area contributed by atoms with Gasteiger partial charge < -0.3 is 15.4 Å². The maximum absolute atomic E-state index is 5.83. The second kappa shape index (κ2) is 6.05. The third kappa shape index (κ3) is 3.28. The zero-order valence-electron chi connectivity index (χ0n) is 12.5. The van der Waals surface area contributed by atoms with Crippen LogP contribution in [0.25, 0.3) is 0 Å². The molecule has 1 aromatic heterocycles. The number of rotatable bonds is 4. The Morgan fingerprint density at radius 1 is 1.24 bits per heavy atom. The van der Waals surface area contributed by atoms with Crippen molar-refractivity contribution in [3.05, 3.63) is 41.1 Å². The molecular weight excluding hydrogens is 284 g/mol. The van der Waals surface area contributed by atoms with Crippen LogP contribution in [0.3, 0.4) is 0 Å². The van der Waals surface area contributed by atoms with E-state index in [1.807, 2.05) is 57.1 Å². The first-order chi connectivity index (χ1) is 9.90. The fourth-order valence-corrected chi connectivity index (χ4v) is 2.13. The first kappa shape index (κ1) is 15.2. The van der Waals surface area contributed by atoms with Crippen LogP contribution in [0.2, 0.25) is 0 Å². The topological polar surface area (TPSA) is 64.3 Å². The van der Waals surface area contributed by atoms with Gasteiger partial charge in [0.15, 0.2) is 0 Å². The van der Waals surface area contributed by atoms with Crippen LogP contribution in [0.5, 0.6) is 11.6 Å². The summed E-state index contributed by atoms with van der Waals surface area (Å²) in [7, 11) is 3.94. The van der Waals surface area contributed by atoms with E-state index >= 15 is 0 Å². The standard InChI is InChI=1S/C15H18N4OS/c1-9-10(2)17-18-15(13(9)14(16)21)20-12-7-5-6-11(8-12)19(3)4/h5-8H,1-4H3,(H2,16,21). The Morgan fingerprint density at radius 3 is 2.57 bits per heavy atom. The summed E-state index contributed by atoms with van der Waals surface area (Å²) in [6.07, 6.45) is 0. The van der Waals surface area contributed by atoms with Crippen molar-refractivity contribution >= 4 is 22.9 Å². The quantitative estimate of drug-likeness (QED) is 0.876. The predicted molar refractivity (Wildman–Crippen MR) is 88.2 cm³/mol. The van der Waals surface area contributed by atoms with Crippen LogP contribution in [-0.4, -0.2) is 29.3 Å². The molecule has 2 rings (SSSR count). The highest BCUT2D eigenvalue weighted by Gasteiger charge is 2.15. The molecule has 0 saturated heterocycles. The molecule has 21 heavy (non-hydrogen) atoms. The number of anilines is 1. The predicted octanol–water partition coefficient (Wildman–Crippen LogP) is 2.59. The minimum Gasteiger partial charge on any atom is -0.437 e. The molecule has 0 saturated carbocycles. The van der Waals surface area contributed by atoms with Gasteiger partial charge in [0.25, 0.3) is 0 Å². The molecule has 5 nitrogen and oxygen atoms in total. The van der Waals surface area contributed by atoms with E-state index in [0.717, 1.165) is 16.9 Å². The first-order valence-corrected chi connectivity index (χ1v) is 6.90. The molecule has 1 aromatic carbocycles. The van der Waals surface area contributed by atoms with E-state index in [9.17, 15) is 0 Å². The van der Waals surface area contributed by atoms with Gasteiger partial charge in [0.05, 0.1) is 11.3 Å². The molecular formula is C15H18N4OS. The van der Waals surface area contributed by atoms with Gasteiger partial charge in [-0.25, -0.2) is 0 Å². The Morgan fingerprint density at radius 2 is 1.95 bits per heavy atom. The van der Waals surface area contributed by atoms with Crippen LogP contribution in [-0.2, 0) is 0 Å². The number of nitrogens with two attached hydrogens (primary N) is 1. The van der Waals surface area contributed by atoms with Crippen molar-refractivity contribution in [2.75, 3.05) is 19.0 Å². The highest BCUT2D eigenvalue weighted by Crippen LogP contribution is 2.28. The number of hydrogen-bond donors (Lipinski definition) is 1. The molecule has 0 spiro atoms. The summed E-state index contributed by atoms with van der Waals surface area (Å²) >= 11 is 5.10. The Kier molecular flexibility index (Phi) is 4.37. The van der Waals surface area contributed by atoms with Gasteiger partial charge in [-0.15, -0.1) is 5.10 Å². The van der Waals surface area contributed by atoms with Crippen molar-refractivity contribution in [3.63, 3.8) is 0 Å². The average molecular weight is 302 g/mol. The van der Waals surface area contributed by atoms with Crippen molar-refractivity contribution in [1.29, 1.82) is 0 Å². The fourth-order valence-electron chi connectivity index (χ4n) is 1.89. The number of ether oxygens (including phenoxy) is 1. The van der Waals surface area contributed by atoms with E-state index in [-0.39, 0.29) is 4.99 Å². The Balaban J connectivity index is 2.42. The maximum atomic E-state index is 5.83. The third-order valence-corrected chi connectivity index (χ3v) is 3.42. The average Bonchev–Trinajstić information content (AvgIpc) is 2.43. The molecule has 0 fully saturated rings. The molecule has 0 aliphatic heterocycles. The Labute approximate surface area is 129 Å². The highest BCUT2D eigenvalue weighted by molar-refractivity contribution is 7.80. The highest BCUT2D eigenvalue weighted by atomic mass is 32.1. The summed E-state index contributed by atoms with van der Waals surface area (Å²) in [6.45, 7) is 3.77. The van der Waals surface area contributed by atoms with Crippen LogP contribution in [0, 0.1) is 13.8 Å². The summed E-state index contributed by atoms with van der Waals surface area (Å²) in [5.74, 6) is 0.998. The van der Waals surface area contributed by atoms with Crippen molar-refractivity contribution in [3.8, 4) is 11.6 Å². The van der Waals surface area contributed by atoms with Crippen molar-refractivity contribution in [2.45, 2.75) is 13.8 Å². The van der Waals surface area contributed by atoms with Crippen LogP contribution in [0.15, 0.2) is 24.3 Å². The molecule has 0 radical (unpaired) electrons. The van der Waals surface area contributed by atoms with Crippen molar-refractivity contribution in [1.82, 2.24) is 10.2 Å². The zero-order valence-corrected chi connectivity index (χ0v) is 13.4. The zero-order chi connectivity index (χ0) is 15.6. The molecule has 0 aliphatic carbocycles. The van der Waals surface area contributed by atoms with E-state index in [2.05, 4.69) is 10.2 Å². The van der Waals surface area contributed by atoms with Gasteiger partial charge in [-0.1, -0.05) is 18.3 Å². The SMILES string of the molecule is Cc1nnc(Oc2cccc(N(C)C)c2)c(C(N)=S)c1C. The normalized spacial score (nSPS) is 10.3. The van der Waals surface area contributed by atoms with Gasteiger partial charge in [-0.3, -0.25) is 0 Å². The molecule has 0 bridgehead atoms. The lowest BCUT2D eigenvalue weighted by atomic mass is 10.1. The lowest BCUT2D eigenvalue weighted by molar-refractivity contribution is 0.452. The monoisotopic (exact) mass is 302 g/mol. The van der Waals surface area contributed by atoms with Crippen molar-refractivity contribution < 1.29 is 4.74 Å². The molecule has 0 atom stereocenters. The van der Waals surface area contributed by atoms with Crippen LogP contribution < -0.4 is 15.4 Å². The van der Waals surface area contributed by atoms with Crippen molar-refractivity contribution in [2.24, 2.45) is 5.73 Å². The molecule has 0 amide bonds. The summed E-state index contributed by atoms with van der Waals surface area (Å²) in [6, 6.07) is 7.68. The van der Waals surface area contributed by atoms with E-state index in [1.165, 1.54) is 0 Å². The van der Waals surface area contributed by atoms with E-state index in [1.54, 1.807) is 0 Å². The minimum absolute atomic E-state index is 0.254. The van der Waals surface area contributed by atoms with Gasteiger partial charge in [0.2, 0.25) is 5.88 Å². The number of thiocarbonyl (C=S) groups is 1. The third-order valence-electron chi connectivity index (χ3n) is 3.22. The molecule has 110 valence electrons. The number of aryl methyl sites for hydroxylation is 1. The first-order valence-electron chi connectivity index (χ1n) is 6.49. The number of benzene rings is 1. The lowest BCUT2D eigenvalue weighted by Crippen LogP contribution is -2.15. The van der Waals surface area contributed by atoms with E-state index < -0.39 is 0 Å². The second-order valence-corrected chi connectivity index (χ2v) is 5.39. The van der Waals surface area contributed by atoms with Gasteiger partial charge in [-0.2, -0.15) is 5.10 Å². The number of nitrogens with zero attached hydrogens (tertiary/aromatic N) is 3. The summed E-state index contributed by atoms with van der Waals surface area (Å²) < 4.78 is 5.83. The van der Waals surface area contributed by atoms with Crippen LogP contribution in [0.4, 0.5) is 5.69 Å². The molecule has 2 aromatic rings. The Hall–Kier alpha value is -2.21. The Bertz CT molecular complexity index is 685. The van der Waals surface area contributed by atoms with Gasteiger partial charge >= 0.3 is 0 Å². The molecule has 2 N–H and O–H groups in total. The summed E-state index contributed by atoms with van der Waals surface area (Å²) in [4.78, 5) is 2.25.